The predicted molar refractivity (Wildman–Crippen MR) is 79.4 cm³/mol. The molecule has 108 valence electrons. The van der Waals surface area contributed by atoms with Crippen LogP contribution in [0.4, 0.5) is 10.1 Å². The van der Waals surface area contributed by atoms with E-state index in [9.17, 15) is 12.8 Å². The first-order valence-electron chi connectivity index (χ1n) is 5.45. The average Bonchev–Trinajstić information content (AvgIpc) is 2.77. The minimum Gasteiger partial charge on any atom is -0.396 e. The highest BCUT2D eigenvalue weighted by atomic mass is 79.9. The van der Waals surface area contributed by atoms with E-state index < -0.39 is 15.8 Å². The smallest absolute Gasteiger partial charge is 0.242 e. The number of nitrogens with two attached hydrogens (primary N) is 1. The highest BCUT2D eigenvalue weighted by Gasteiger charge is 2.20. The number of halogens is 2. The van der Waals surface area contributed by atoms with E-state index in [4.69, 9.17) is 5.73 Å². The van der Waals surface area contributed by atoms with Crippen molar-refractivity contribution in [1.82, 2.24) is 9.71 Å². The van der Waals surface area contributed by atoms with Crippen molar-refractivity contribution in [2.45, 2.75) is 18.4 Å². The molecule has 0 fully saturated rings. The number of thiazole rings is 1. The Balaban J connectivity index is 2.24. The Morgan fingerprint density at radius 2 is 2.20 bits per heavy atom. The standard InChI is InChI=1S/C11H11BrFN3O2S2/c1-6-5-19-11(16-6)4-15-20(17,18)10-3-9(14)8(13)2-7(10)12/h2-3,5,15H,4,14H2,1H3. The van der Waals surface area contributed by atoms with Gasteiger partial charge in [0.25, 0.3) is 0 Å². The van der Waals surface area contributed by atoms with E-state index in [0.29, 0.717) is 5.01 Å². The van der Waals surface area contributed by atoms with Crippen molar-refractivity contribution in [3.8, 4) is 0 Å². The van der Waals surface area contributed by atoms with Gasteiger partial charge in [-0.25, -0.2) is 22.5 Å². The third kappa shape index (κ3) is 3.35. The topological polar surface area (TPSA) is 85.1 Å². The number of aromatic nitrogens is 1. The minimum absolute atomic E-state index is 0.0740. The summed E-state index contributed by atoms with van der Waals surface area (Å²) in [6, 6.07) is 2.10. The molecular weight excluding hydrogens is 369 g/mol. The van der Waals surface area contributed by atoms with Crippen LogP contribution in [-0.4, -0.2) is 13.4 Å². The van der Waals surface area contributed by atoms with Gasteiger partial charge in [-0.2, -0.15) is 0 Å². The van der Waals surface area contributed by atoms with Gasteiger partial charge in [-0.15, -0.1) is 11.3 Å². The second-order valence-corrected chi connectivity index (χ2v) is 7.54. The summed E-state index contributed by atoms with van der Waals surface area (Å²) >= 11 is 4.38. The molecule has 1 aromatic heterocycles. The van der Waals surface area contributed by atoms with Gasteiger partial charge in [-0.3, -0.25) is 0 Å². The van der Waals surface area contributed by atoms with Crippen molar-refractivity contribution >= 4 is 43.0 Å². The van der Waals surface area contributed by atoms with Gasteiger partial charge in [0.05, 0.1) is 17.1 Å². The number of nitrogens with one attached hydrogen (secondary N) is 1. The molecule has 0 atom stereocenters. The lowest BCUT2D eigenvalue weighted by atomic mass is 10.3. The zero-order valence-electron chi connectivity index (χ0n) is 10.4. The van der Waals surface area contributed by atoms with E-state index in [1.165, 1.54) is 11.3 Å². The van der Waals surface area contributed by atoms with Crippen LogP contribution < -0.4 is 10.5 Å². The molecule has 0 aliphatic carbocycles. The first kappa shape index (κ1) is 15.4. The van der Waals surface area contributed by atoms with E-state index in [2.05, 4.69) is 25.6 Å². The molecule has 1 aromatic carbocycles. The third-order valence-corrected chi connectivity index (χ3v) is 5.75. The summed E-state index contributed by atoms with van der Waals surface area (Å²) in [6.07, 6.45) is 0. The Morgan fingerprint density at radius 3 is 2.80 bits per heavy atom. The molecule has 0 aliphatic heterocycles. The number of hydrogen-bond donors (Lipinski definition) is 2. The molecule has 5 nitrogen and oxygen atoms in total. The van der Waals surface area contributed by atoms with Crippen LogP contribution in [0.5, 0.6) is 0 Å². The third-order valence-electron chi connectivity index (χ3n) is 2.42. The van der Waals surface area contributed by atoms with Gasteiger partial charge in [0, 0.05) is 15.5 Å². The average molecular weight is 380 g/mol. The van der Waals surface area contributed by atoms with Gasteiger partial charge < -0.3 is 5.73 Å². The first-order valence-corrected chi connectivity index (χ1v) is 8.60. The van der Waals surface area contributed by atoms with E-state index in [1.54, 1.807) is 0 Å². The zero-order chi connectivity index (χ0) is 14.9. The number of nitrogen functional groups attached to an aromatic ring is 1. The first-order chi connectivity index (χ1) is 9.29. The lowest BCUT2D eigenvalue weighted by molar-refractivity contribution is 0.579. The summed E-state index contributed by atoms with van der Waals surface area (Å²) in [6.45, 7) is 1.90. The van der Waals surface area contributed by atoms with Crippen molar-refractivity contribution < 1.29 is 12.8 Å². The second-order valence-electron chi connectivity index (χ2n) is 4.01. The van der Waals surface area contributed by atoms with Gasteiger partial charge in [-0.05, 0) is 35.0 Å². The summed E-state index contributed by atoms with van der Waals surface area (Å²) < 4.78 is 40.1. The van der Waals surface area contributed by atoms with Crippen LogP contribution in [0.2, 0.25) is 0 Å². The minimum atomic E-state index is -3.80. The van der Waals surface area contributed by atoms with Crippen molar-refractivity contribution in [3.63, 3.8) is 0 Å². The van der Waals surface area contributed by atoms with Crippen LogP contribution in [0, 0.1) is 12.7 Å². The Hall–Kier alpha value is -1.03. The quantitative estimate of drug-likeness (QED) is 0.798. The maximum atomic E-state index is 13.2. The molecule has 0 saturated heterocycles. The number of benzene rings is 1. The fraction of sp³-hybridized carbons (Fsp3) is 0.182. The molecule has 0 saturated carbocycles. The Labute approximate surface area is 128 Å². The summed E-state index contributed by atoms with van der Waals surface area (Å²) in [4.78, 5) is 4.05. The molecule has 1 heterocycles. The number of rotatable bonds is 4. The molecule has 0 radical (unpaired) electrons. The Bertz CT molecular complexity index is 746. The van der Waals surface area contributed by atoms with Gasteiger partial charge >= 0.3 is 0 Å². The number of aryl methyl sites for hydroxylation is 1. The second kappa shape index (κ2) is 5.76. The molecule has 0 aliphatic rings. The highest BCUT2D eigenvalue weighted by Crippen LogP contribution is 2.26. The van der Waals surface area contributed by atoms with E-state index in [1.807, 2.05) is 12.3 Å². The fourth-order valence-corrected chi connectivity index (χ4v) is 4.31. The van der Waals surface area contributed by atoms with Crippen molar-refractivity contribution in [2.24, 2.45) is 0 Å². The maximum Gasteiger partial charge on any atom is 0.242 e. The predicted octanol–water partition coefficient (Wildman–Crippen LogP) is 2.41. The van der Waals surface area contributed by atoms with E-state index >= 15 is 0 Å². The lowest BCUT2D eigenvalue weighted by Crippen LogP contribution is -2.23. The van der Waals surface area contributed by atoms with Gasteiger partial charge in [0.2, 0.25) is 10.0 Å². The normalized spacial score (nSPS) is 11.8. The van der Waals surface area contributed by atoms with Gasteiger partial charge in [0.1, 0.15) is 10.8 Å². The SMILES string of the molecule is Cc1csc(CNS(=O)(=O)c2cc(N)c(F)cc2Br)n1. The van der Waals surface area contributed by atoms with Crippen molar-refractivity contribution in [3.05, 3.63) is 38.5 Å². The molecule has 2 rings (SSSR count). The van der Waals surface area contributed by atoms with Gasteiger partial charge in [-0.1, -0.05) is 0 Å². The summed E-state index contributed by atoms with van der Waals surface area (Å²) in [5, 5.41) is 2.48. The van der Waals surface area contributed by atoms with Crippen LogP contribution in [-0.2, 0) is 16.6 Å². The van der Waals surface area contributed by atoms with Crippen LogP contribution in [0.1, 0.15) is 10.7 Å². The van der Waals surface area contributed by atoms with E-state index in [-0.39, 0.29) is 21.6 Å². The number of hydrogen-bond acceptors (Lipinski definition) is 5. The molecule has 3 N–H and O–H groups in total. The fourth-order valence-electron chi connectivity index (χ4n) is 1.47. The lowest BCUT2D eigenvalue weighted by Gasteiger charge is -2.09. The number of anilines is 1. The van der Waals surface area contributed by atoms with Crippen LogP contribution in [0.15, 0.2) is 26.9 Å². The molecule has 20 heavy (non-hydrogen) atoms. The van der Waals surface area contributed by atoms with Crippen LogP contribution >= 0.6 is 27.3 Å². The largest absolute Gasteiger partial charge is 0.396 e. The van der Waals surface area contributed by atoms with Crippen molar-refractivity contribution in [2.75, 3.05) is 5.73 Å². The highest BCUT2D eigenvalue weighted by molar-refractivity contribution is 9.10. The zero-order valence-corrected chi connectivity index (χ0v) is 13.6. The Morgan fingerprint density at radius 1 is 1.50 bits per heavy atom. The molecule has 0 bridgehead atoms. The molecule has 0 unspecified atom stereocenters. The molecular formula is C11H11BrFN3O2S2. The summed E-state index contributed by atoms with van der Waals surface area (Å²) in [5.74, 6) is -0.675. The number of sulfonamides is 1. The van der Waals surface area contributed by atoms with Gasteiger partial charge in [0.15, 0.2) is 0 Å². The summed E-state index contributed by atoms with van der Waals surface area (Å²) in [7, 11) is -3.80. The molecule has 0 amide bonds. The summed E-state index contributed by atoms with van der Waals surface area (Å²) in [5.41, 5.74) is 6.01. The van der Waals surface area contributed by atoms with Crippen LogP contribution in [0.25, 0.3) is 0 Å². The molecule has 0 spiro atoms. The molecule has 9 heteroatoms. The molecule has 2 aromatic rings. The van der Waals surface area contributed by atoms with Crippen molar-refractivity contribution in [1.29, 1.82) is 0 Å². The van der Waals surface area contributed by atoms with Crippen LogP contribution in [0.3, 0.4) is 0 Å². The number of nitrogens with zero attached hydrogens (tertiary/aromatic N) is 1. The Kier molecular flexibility index (Phi) is 4.43. The maximum absolute atomic E-state index is 13.2. The van der Waals surface area contributed by atoms with E-state index in [0.717, 1.165) is 17.8 Å². The monoisotopic (exact) mass is 379 g/mol.